The normalized spacial score (nSPS) is 26.6. The zero-order valence-corrected chi connectivity index (χ0v) is 12.1. The molecule has 2 aliphatic rings. The highest BCUT2D eigenvalue weighted by atomic mass is 16.6. The summed E-state index contributed by atoms with van der Waals surface area (Å²) in [5.41, 5.74) is -0.185. The van der Waals surface area contributed by atoms with Crippen molar-refractivity contribution in [2.24, 2.45) is 5.41 Å². The average molecular weight is 255 g/mol. The molecule has 5 heteroatoms. The Hall–Kier alpha value is -0.810. The molecule has 0 saturated carbocycles. The number of amides is 1. The first kappa shape index (κ1) is 13.6. The maximum atomic E-state index is 11.9. The predicted molar refractivity (Wildman–Crippen MR) is 70.6 cm³/mol. The second-order valence-corrected chi connectivity index (χ2v) is 6.81. The molecule has 0 aromatic rings. The zero-order chi connectivity index (χ0) is 13.6. The lowest BCUT2D eigenvalue weighted by molar-refractivity contribution is -0.0482. The number of hydrogen-bond acceptors (Lipinski definition) is 4. The molecular weight excluding hydrogens is 230 g/mol. The first-order valence-electron chi connectivity index (χ1n) is 6.59. The molecule has 2 aliphatic heterocycles. The zero-order valence-electron chi connectivity index (χ0n) is 12.1. The summed E-state index contributed by atoms with van der Waals surface area (Å²) in [6.45, 7) is 9.32. The smallest absolute Gasteiger partial charge is 0.410 e. The second-order valence-electron chi connectivity index (χ2n) is 6.81. The van der Waals surface area contributed by atoms with Crippen molar-refractivity contribution in [2.75, 3.05) is 40.3 Å². The largest absolute Gasteiger partial charge is 0.444 e. The highest BCUT2D eigenvalue weighted by Gasteiger charge is 2.54. The van der Waals surface area contributed by atoms with Gasteiger partial charge in [-0.1, -0.05) is 0 Å². The molecule has 2 heterocycles. The van der Waals surface area contributed by atoms with Crippen LogP contribution in [-0.4, -0.2) is 67.8 Å². The summed E-state index contributed by atoms with van der Waals surface area (Å²) in [7, 11) is 4.21. The van der Waals surface area contributed by atoms with E-state index in [1.807, 2.05) is 25.7 Å². The predicted octanol–water partition coefficient (Wildman–Crippen LogP) is 0.757. The minimum atomic E-state index is -0.408. The Balaban J connectivity index is 1.91. The molecule has 1 amide bonds. The van der Waals surface area contributed by atoms with Gasteiger partial charge in [0.25, 0.3) is 0 Å². The fraction of sp³-hybridized carbons (Fsp3) is 0.923. The van der Waals surface area contributed by atoms with Crippen LogP contribution in [-0.2, 0) is 4.74 Å². The third-order valence-electron chi connectivity index (χ3n) is 3.81. The van der Waals surface area contributed by atoms with E-state index in [1.54, 1.807) is 0 Å². The van der Waals surface area contributed by atoms with Crippen molar-refractivity contribution >= 4 is 6.09 Å². The first-order valence-corrected chi connectivity index (χ1v) is 6.59. The van der Waals surface area contributed by atoms with Crippen molar-refractivity contribution in [1.82, 2.24) is 15.1 Å². The van der Waals surface area contributed by atoms with Crippen molar-refractivity contribution in [1.29, 1.82) is 0 Å². The van der Waals surface area contributed by atoms with Crippen LogP contribution >= 0.6 is 0 Å². The quantitative estimate of drug-likeness (QED) is 0.751. The summed E-state index contributed by atoms with van der Waals surface area (Å²) in [6, 6.07) is 0.510. The van der Waals surface area contributed by atoms with Crippen LogP contribution in [0.2, 0.25) is 0 Å². The molecule has 1 spiro atoms. The number of nitrogens with zero attached hydrogens (tertiary/aromatic N) is 2. The maximum absolute atomic E-state index is 11.9. The van der Waals surface area contributed by atoms with Gasteiger partial charge in [0, 0.05) is 37.6 Å². The standard InChI is InChI=1S/C13H25N3O2/c1-12(2,3)18-11(17)16-8-13(9-16)7-14-6-10(13)15(4)5/h10,14H,6-9H2,1-5H3/t10-/m1/s1. The second kappa shape index (κ2) is 4.38. The van der Waals surface area contributed by atoms with Crippen LogP contribution in [0.15, 0.2) is 0 Å². The third-order valence-corrected chi connectivity index (χ3v) is 3.81. The molecule has 0 bridgehead atoms. The van der Waals surface area contributed by atoms with Crippen LogP contribution in [0, 0.1) is 5.41 Å². The van der Waals surface area contributed by atoms with E-state index < -0.39 is 5.60 Å². The van der Waals surface area contributed by atoms with Gasteiger partial charge in [-0.05, 0) is 34.9 Å². The van der Waals surface area contributed by atoms with Gasteiger partial charge in [-0.15, -0.1) is 0 Å². The molecule has 0 radical (unpaired) electrons. The molecular formula is C13H25N3O2. The van der Waals surface area contributed by atoms with Crippen LogP contribution in [0.25, 0.3) is 0 Å². The number of nitrogens with one attached hydrogen (secondary N) is 1. The molecule has 5 nitrogen and oxygen atoms in total. The van der Waals surface area contributed by atoms with Gasteiger partial charge in [0.1, 0.15) is 5.60 Å². The van der Waals surface area contributed by atoms with Gasteiger partial charge >= 0.3 is 6.09 Å². The van der Waals surface area contributed by atoms with E-state index in [0.29, 0.717) is 6.04 Å². The third kappa shape index (κ3) is 2.47. The lowest BCUT2D eigenvalue weighted by atomic mass is 9.75. The van der Waals surface area contributed by atoms with Crippen molar-refractivity contribution in [3.63, 3.8) is 0 Å². The Bertz CT molecular complexity index is 330. The molecule has 18 heavy (non-hydrogen) atoms. The van der Waals surface area contributed by atoms with Crippen molar-refractivity contribution in [2.45, 2.75) is 32.4 Å². The molecule has 2 saturated heterocycles. The Morgan fingerprint density at radius 1 is 1.39 bits per heavy atom. The number of carbonyl (C=O) groups is 1. The minimum absolute atomic E-state index is 0.183. The van der Waals surface area contributed by atoms with E-state index >= 15 is 0 Å². The topological polar surface area (TPSA) is 44.8 Å². The molecule has 0 aliphatic carbocycles. The van der Waals surface area contributed by atoms with Gasteiger partial charge in [-0.25, -0.2) is 4.79 Å². The van der Waals surface area contributed by atoms with Gasteiger partial charge in [0.15, 0.2) is 0 Å². The van der Waals surface area contributed by atoms with E-state index in [4.69, 9.17) is 4.74 Å². The Labute approximate surface area is 109 Å². The number of likely N-dealkylation sites (N-methyl/N-ethyl adjacent to an activating group) is 1. The molecule has 0 aromatic heterocycles. The van der Waals surface area contributed by atoms with Crippen LogP contribution in [0.1, 0.15) is 20.8 Å². The summed E-state index contributed by atoms with van der Waals surface area (Å²) >= 11 is 0. The molecule has 2 rings (SSSR count). The van der Waals surface area contributed by atoms with Crippen LogP contribution in [0.4, 0.5) is 4.79 Å². The van der Waals surface area contributed by atoms with Crippen molar-refractivity contribution in [3.8, 4) is 0 Å². The van der Waals surface area contributed by atoms with Crippen LogP contribution < -0.4 is 5.32 Å². The Morgan fingerprint density at radius 3 is 2.50 bits per heavy atom. The molecule has 104 valence electrons. The van der Waals surface area contributed by atoms with E-state index in [2.05, 4.69) is 24.3 Å². The molecule has 1 atom stereocenters. The number of hydrogen-bond donors (Lipinski definition) is 1. The number of carbonyl (C=O) groups excluding carboxylic acids is 1. The van der Waals surface area contributed by atoms with Gasteiger partial charge in [-0.2, -0.15) is 0 Å². The van der Waals surface area contributed by atoms with Crippen molar-refractivity contribution in [3.05, 3.63) is 0 Å². The minimum Gasteiger partial charge on any atom is -0.444 e. The SMILES string of the molecule is CN(C)[C@@H]1CNCC12CN(C(=O)OC(C)(C)C)C2. The molecule has 1 N–H and O–H groups in total. The Morgan fingerprint density at radius 2 is 2.00 bits per heavy atom. The number of ether oxygens (including phenoxy) is 1. The van der Waals surface area contributed by atoms with Crippen LogP contribution in [0.3, 0.4) is 0 Å². The van der Waals surface area contributed by atoms with E-state index in [-0.39, 0.29) is 11.5 Å². The van der Waals surface area contributed by atoms with E-state index in [1.165, 1.54) is 0 Å². The summed E-state index contributed by atoms with van der Waals surface area (Å²) < 4.78 is 5.39. The lowest BCUT2D eigenvalue weighted by Gasteiger charge is -2.52. The fourth-order valence-electron chi connectivity index (χ4n) is 3.01. The summed E-state index contributed by atoms with van der Waals surface area (Å²) in [5, 5.41) is 3.43. The van der Waals surface area contributed by atoms with E-state index in [9.17, 15) is 4.79 Å². The van der Waals surface area contributed by atoms with Gasteiger partial charge < -0.3 is 19.9 Å². The highest BCUT2D eigenvalue weighted by Crippen LogP contribution is 2.38. The molecule has 2 fully saturated rings. The van der Waals surface area contributed by atoms with Gasteiger partial charge in [-0.3, -0.25) is 0 Å². The number of rotatable bonds is 1. The fourth-order valence-corrected chi connectivity index (χ4v) is 3.01. The summed E-state index contributed by atoms with van der Waals surface area (Å²) in [5.74, 6) is 0. The van der Waals surface area contributed by atoms with E-state index in [0.717, 1.165) is 26.2 Å². The van der Waals surface area contributed by atoms with Gasteiger partial charge in [0.05, 0.1) is 0 Å². The molecule has 0 aromatic carbocycles. The summed E-state index contributed by atoms with van der Waals surface area (Å²) in [6.07, 6.45) is -0.183. The van der Waals surface area contributed by atoms with Crippen LogP contribution in [0.5, 0.6) is 0 Å². The lowest BCUT2D eigenvalue weighted by Crippen LogP contribution is -2.66. The highest BCUT2D eigenvalue weighted by molar-refractivity contribution is 5.69. The van der Waals surface area contributed by atoms with Crippen molar-refractivity contribution < 1.29 is 9.53 Å². The first-order chi connectivity index (χ1) is 8.23. The average Bonchev–Trinajstić information content (AvgIpc) is 2.55. The summed E-state index contributed by atoms with van der Waals surface area (Å²) in [4.78, 5) is 16.0. The maximum Gasteiger partial charge on any atom is 0.410 e. The monoisotopic (exact) mass is 255 g/mol. The van der Waals surface area contributed by atoms with Gasteiger partial charge in [0.2, 0.25) is 0 Å². The number of likely N-dealkylation sites (tertiary alicyclic amines) is 1. The Kier molecular flexibility index (Phi) is 3.32. The molecule has 0 unspecified atom stereocenters.